The van der Waals surface area contributed by atoms with Crippen LogP contribution in [0.2, 0.25) is 0 Å². The van der Waals surface area contributed by atoms with E-state index in [9.17, 15) is 23.2 Å². The Bertz CT molecular complexity index is 859. The molecule has 188 valence electrons. The second-order valence-corrected chi connectivity index (χ2v) is 8.53. The fraction of sp³-hybridized carbons (Fsp3) is 0.609. The molecule has 3 saturated heterocycles. The molecular weight excluding hydrogens is 448 g/mol. The van der Waals surface area contributed by atoms with Crippen LogP contribution < -0.4 is 4.90 Å². The molecule has 1 atom stereocenters. The fourth-order valence-corrected chi connectivity index (χ4v) is 4.31. The van der Waals surface area contributed by atoms with Gasteiger partial charge in [0.05, 0.1) is 12.5 Å². The Labute approximate surface area is 198 Å². The first-order chi connectivity index (χ1) is 16.2. The van der Waals surface area contributed by atoms with Gasteiger partial charge in [0, 0.05) is 65.0 Å². The SMILES string of the molecule is CC.CC(F)(F)CN1CCN(C(=O)ON2C(=O)C3CN(CCN(c4ccccc4)C3)C2=O)CC1. The first kappa shape index (κ1) is 25.7. The Morgan fingerprint density at radius 2 is 1.56 bits per heavy atom. The summed E-state index contributed by atoms with van der Waals surface area (Å²) in [4.78, 5) is 50.0. The highest BCUT2D eigenvalue weighted by atomic mass is 19.3. The minimum absolute atomic E-state index is 0.181. The number of hydrogen-bond acceptors (Lipinski definition) is 6. The zero-order valence-electron chi connectivity index (χ0n) is 20.0. The zero-order valence-corrected chi connectivity index (χ0v) is 20.0. The van der Waals surface area contributed by atoms with E-state index in [-0.39, 0.29) is 39.3 Å². The zero-order chi connectivity index (χ0) is 24.9. The molecule has 0 aromatic heterocycles. The number of piperazine rings is 1. The van der Waals surface area contributed by atoms with Crippen LogP contribution in [0.15, 0.2) is 30.3 Å². The molecule has 0 N–H and O–H groups in total. The van der Waals surface area contributed by atoms with E-state index in [1.54, 1.807) is 4.90 Å². The highest BCUT2D eigenvalue weighted by molar-refractivity contribution is 5.98. The third kappa shape index (κ3) is 6.13. The summed E-state index contributed by atoms with van der Waals surface area (Å²) in [6, 6.07) is 8.97. The Morgan fingerprint density at radius 1 is 0.971 bits per heavy atom. The third-order valence-electron chi connectivity index (χ3n) is 5.94. The monoisotopic (exact) mass is 481 g/mol. The van der Waals surface area contributed by atoms with Crippen LogP contribution in [-0.2, 0) is 9.63 Å². The summed E-state index contributed by atoms with van der Waals surface area (Å²) in [5, 5.41) is 0.567. The van der Waals surface area contributed by atoms with E-state index in [0.29, 0.717) is 24.7 Å². The summed E-state index contributed by atoms with van der Waals surface area (Å²) >= 11 is 0. The van der Waals surface area contributed by atoms with Crippen molar-refractivity contribution < 1.29 is 28.0 Å². The van der Waals surface area contributed by atoms with Gasteiger partial charge in [-0.2, -0.15) is 0 Å². The molecule has 0 radical (unpaired) electrons. The Morgan fingerprint density at radius 3 is 2.18 bits per heavy atom. The highest BCUT2D eigenvalue weighted by Gasteiger charge is 2.45. The number of fused-ring (bicyclic) bond motifs is 2. The van der Waals surface area contributed by atoms with Crippen LogP contribution in [0.4, 0.5) is 24.1 Å². The number of amides is 4. The number of hydroxylamine groups is 2. The number of imide groups is 1. The number of para-hydroxylation sites is 1. The third-order valence-corrected chi connectivity index (χ3v) is 5.94. The Balaban J connectivity index is 0.00000158. The number of nitrogens with zero attached hydrogens (tertiary/aromatic N) is 5. The van der Waals surface area contributed by atoms with Crippen LogP contribution in [0, 0.1) is 5.92 Å². The molecule has 0 saturated carbocycles. The van der Waals surface area contributed by atoms with Gasteiger partial charge in [0.1, 0.15) is 0 Å². The maximum atomic E-state index is 13.2. The molecule has 2 bridgehead atoms. The number of urea groups is 1. The maximum Gasteiger partial charge on any atom is 0.434 e. The quantitative estimate of drug-likeness (QED) is 0.658. The lowest BCUT2D eigenvalue weighted by Gasteiger charge is -2.38. The number of alkyl halides is 2. The van der Waals surface area contributed by atoms with E-state index in [4.69, 9.17) is 4.84 Å². The number of anilines is 1. The molecule has 1 aromatic carbocycles. The van der Waals surface area contributed by atoms with Crippen molar-refractivity contribution in [2.75, 3.05) is 63.8 Å². The van der Waals surface area contributed by atoms with Crippen LogP contribution in [0.3, 0.4) is 0 Å². The second-order valence-electron chi connectivity index (χ2n) is 8.53. The number of rotatable bonds is 4. The summed E-state index contributed by atoms with van der Waals surface area (Å²) < 4.78 is 26.4. The van der Waals surface area contributed by atoms with E-state index in [1.165, 1.54) is 9.80 Å². The van der Waals surface area contributed by atoms with Gasteiger partial charge in [-0.25, -0.2) is 18.4 Å². The van der Waals surface area contributed by atoms with Gasteiger partial charge in [0.15, 0.2) is 0 Å². The lowest BCUT2D eigenvalue weighted by Crippen LogP contribution is -2.59. The van der Waals surface area contributed by atoms with Crippen LogP contribution in [0.1, 0.15) is 20.8 Å². The summed E-state index contributed by atoms with van der Waals surface area (Å²) in [7, 11) is 0. The molecule has 3 heterocycles. The van der Waals surface area contributed by atoms with Crippen molar-refractivity contribution in [2.45, 2.75) is 26.7 Å². The van der Waals surface area contributed by atoms with Gasteiger partial charge in [-0.15, -0.1) is 0 Å². The molecule has 1 aromatic rings. The van der Waals surface area contributed by atoms with Crippen LogP contribution in [-0.4, -0.2) is 103 Å². The normalized spacial score (nSPS) is 21.6. The van der Waals surface area contributed by atoms with Gasteiger partial charge in [0.25, 0.3) is 11.8 Å². The number of carbonyl (C=O) groups excluding carboxylic acids is 3. The number of hydrogen-bond donors (Lipinski definition) is 0. The standard InChI is InChI=1S/C21H27F2N5O4.C2H6/c1-21(22,23)15-24-7-9-25(10-8-24)20(31)32-28-18(29)16-13-26(17-5-3-2-4-6-17)11-12-27(14-16)19(28)30;1-2/h2-6,16H,7-15H2,1H3;1-2H3. The summed E-state index contributed by atoms with van der Waals surface area (Å²) in [6.45, 7) is 7.01. The number of halogens is 2. The Hall–Kier alpha value is -2.95. The molecule has 0 spiro atoms. The van der Waals surface area contributed by atoms with Gasteiger partial charge in [-0.3, -0.25) is 9.69 Å². The summed E-state index contributed by atoms with van der Waals surface area (Å²) in [5.74, 6) is -3.88. The first-order valence-electron chi connectivity index (χ1n) is 11.7. The van der Waals surface area contributed by atoms with Crippen molar-refractivity contribution in [1.82, 2.24) is 19.8 Å². The molecule has 11 heteroatoms. The van der Waals surface area contributed by atoms with Gasteiger partial charge in [-0.05, 0) is 12.1 Å². The van der Waals surface area contributed by atoms with Crippen molar-refractivity contribution in [3.05, 3.63) is 30.3 Å². The molecule has 9 nitrogen and oxygen atoms in total. The molecule has 4 rings (SSSR count). The first-order valence-corrected chi connectivity index (χ1v) is 11.7. The van der Waals surface area contributed by atoms with Crippen molar-refractivity contribution >= 4 is 23.7 Å². The Kier molecular flexibility index (Phi) is 8.29. The van der Waals surface area contributed by atoms with E-state index < -0.39 is 29.9 Å². The molecule has 0 aliphatic carbocycles. The summed E-state index contributed by atoms with van der Waals surface area (Å²) in [6.07, 6.45) is -0.825. The smallest absolute Gasteiger partial charge is 0.369 e. The maximum absolute atomic E-state index is 13.2. The lowest BCUT2D eigenvalue weighted by atomic mass is 10.1. The van der Waals surface area contributed by atoms with Gasteiger partial charge < -0.3 is 19.5 Å². The van der Waals surface area contributed by atoms with E-state index in [0.717, 1.165) is 12.6 Å². The van der Waals surface area contributed by atoms with Gasteiger partial charge in [0.2, 0.25) is 0 Å². The molecule has 1 unspecified atom stereocenters. The lowest BCUT2D eigenvalue weighted by molar-refractivity contribution is -0.167. The molecule has 3 aliphatic heterocycles. The topological polar surface area (TPSA) is 76.6 Å². The predicted octanol–water partition coefficient (Wildman–Crippen LogP) is 2.74. The molecule has 34 heavy (non-hydrogen) atoms. The number of carbonyl (C=O) groups is 3. The molecular formula is C23H33F2N5O4. The average Bonchev–Trinajstić information content (AvgIpc) is 3.04. The highest BCUT2D eigenvalue weighted by Crippen LogP contribution is 2.25. The second kappa shape index (κ2) is 11.0. The van der Waals surface area contributed by atoms with E-state index >= 15 is 0 Å². The van der Waals surface area contributed by atoms with Crippen molar-refractivity contribution in [1.29, 1.82) is 0 Å². The molecule has 4 amide bonds. The van der Waals surface area contributed by atoms with Gasteiger partial charge >= 0.3 is 12.1 Å². The number of benzene rings is 1. The fourth-order valence-electron chi connectivity index (χ4n) is 4.31. The van der Waals surface area contributed by atoms with Gasteiger partial charge in [-0.1, -0.05) is 37.1 Å². The van der Waals surface area contributed by atoms with E-state index in [2.05, 4.69) is 0 Å². The minimum atomic E-state index is -2.81. The summed E-state index contributed by atoms with van der Waals surface area (Å²) in [5.41, 5.74) is 0.959. The van der Waals surface area contributed by atoms with Crippen LogP contribution in [0.25, 0.3) is 0 Å². The average molecular weight is 482 g/mol. The van der Waals surface area contributed by atoms with Crippen molar-refractivity contribution in [2.24, 2.45) is 5.92 Å². The van der Waals surface area contributed by atoms with Crippen LogP contribution in [0.5, 0.6) is 0 Å². The largest absolute Gasteiger partial charge is 0.434 e. The van der Waals surface area contributed by atoms with Crippen molar-refractivity contribution in [3.8, 4) is 0 Å². The van der Waals surface area contributed by atoms with Crippen LogP contribution >= 0.6 is 0 Å². The molecule has 3 fully saturated rings. The van der Waals surface area contributed by atoms with Crippen molar-refractivity contribution in [3.63, 3.8) is 0 Å². The predicted molar refractivity (Wildman–Crippen MR) is 122 cm³/mol. The minimum Gasteiger partial charge on any atom is -0.369 e. The molecule has 3 aliphatic rings. The van der Waals surface area contributed by atoms with E-state index in [1.807, 2.05) is 49.1 Å².